The minimum absolute atomic E-state index is 0.406. The summed E-state index contributed by atoms with van der Waals surface area (Å²) in [7, 11) is 1.67. The monoisotopic (exact) mass is 298 g/mol. The number of nitrogens with two attached hydrogens (primary N) is 1. The summed E-state index contributed by atoms with van der Waals surface area (Å²) < 4.78 is 5.17. The summed E-state index contributed by atoms with van der Waals surface area (Å²) in [5.41, 5.74) is 10.1. The molecule has 0 aliphatic rings. The van der Waals surface area contributed by atoms with Gasteiger partial charge in [0.2, 0.25) is 0 Å². The van der Waals surface area contributed by atoms with Crippen LogP contribution >= 0.6 is 0 Å². The van der Waals surface area contributed by atoms with Crippen molar-refractivity contribution in [1.82, 2.24) is 4.98 Å². The lowest BCUT2D eigenvalue weighted by atomic mass is 10.2. The Balaban J connectivity index is 1.91. The molecule has 0 amide bonds. The van der Waals surface area contributed by atoms with E-state index < -0.39 is 0 Å². The van der Waals surface area contributed by atoms with Crippen LogP contribution < -0.4 is 11.1 Å². The van der Waals surface area contributed by atoms with Crippen LogP contribution in [-0.4, -0.2) is 24.6 Å². The summed E-state index contributed by atoms with van der Waals surface area (Å²) in [4.78, 5) is 8.62. The first kappa shape index (κ1) is 16.0. The minimum Gasteiger partial charge on any atom is -0.380 e. The highest BCUT2D eigenvalue weighted by atomic mass is 16.5. The van der Waals surface area contributed by atoms with E-state index in [2.05, 4.69) is 21.4 Å². The highest BCUT2D eigenvalue weighted by Gasteiger charge is 2.02. The van der Waals surface area contributed by atoms with Gasteiger partial charge < -0.3 is 15.8 Å². The predicted octanol–water partition coefficient (Wildman–Crippen LogP) is 2.51. The van der Waals surface area contributed by atoms with Crippen molar-refractivity contribution >= 4 is 11.6 Å². The number of methoxy groups -OCH3 is 1. The van der Waals surface area contributed by atoms with E-state index in [0.29, 0.717) is 19.1 Å². The molecular formula is C17H22N4O. The van der Waals surface area contributed by atoms with Crippen molar-refractivity contribution in [3.05, 3.63) is 59.4 Å². The maximum atomic E-state index is 5.94. The number of nitrogens with zero attached hydrogens (tertiary/aromatic N) is 2. The van der Waals surface area contributed by atoms with Crippen LogP contribution in [0.3, 0.4) is 0 Å². The van der Waals surface area contributed by atoms with Gasteiger partial charge in [-0.05, 0) is 31.0 Å². The van der Waals surface area contributed by atoms with Gasteiger partial charge in [0.1, 0.15) is 0 Å². The molecule has 1 aromatic carbocycles. The first-order chi connectivity index (χ1) is 10.7. The number of ether oxygens (including phenoxy) is 1. The fraction of sp³-hybridized carbons (Fsp3) is 0.294. The molecule has 1 heterocycles. The lowest BCUT2D eigenvalue weighted by Crippen LogP contribution is -2.23. The van der Waals surface area contributed by atoms with Crippen molar-refractivity contribution in [2.24, 2.45) is 10.7 Å². The Morgan fingerprint density at radius 1 is 1.27 bits per heavy atom. The van der Waals surface area contributed by atoms with E-state index in [1.807, 2.05) is 43.5 Å². The highest BCUT2D eigenvalue weighted by molar-refractivity contribution is 5.92. The van der Waals surface area contributed by atoms with E-state index in [9.17, 15) is 0 Å². The zero-order chi connectivity index (χ0) is 15.8. The number of guanidine groups is 1. The van der Waals surface area contributed by atoms with Gasteiger partial charge in [-0.2, -0.15) is 0 Å². The number of benzene rings is 1. The van der Waals surface area contributed by atoms with E-state index in [-0.39, 0.29) is 0 Å². The number of aliphatic imine (C=N–C) groups is 1. The van der Waals surface area contributed by atoms with Crippen LogP contribution in [-0.2, 0) is 17.8 Å². The van der Waals surface area contributed by atoms with Gasteiger partial charge >= 0.3 is 0 Å². The van der Waals surface area contributed by atoms with Crippen LogP contribution in [0.15, 0.2) is 47.6 Å². The van der Waals surface area contributed by atoms with Crippen molar-refractivity contribution in [3.8, 4) is 0 Å². The van der Waals surface area contributed by atoms with Crippen LogP contribution in [0.1, 0.15) is 16.8 Å². The molecule has 0 spiro atoms. The fourth-order valence-electron chi connectivity index (χ4n) is 2.05. The van der Waals surface area contributed by atoms with E-state index in [4.69, 9.17) is 10.5 Å². The molecule has 2 aromatic rings. The Morgan fingerprint density at radius 2 is 2.09 bits per heavy atom. The molecule has 0 fully saturated rings. The molecule has 0 saturated heterocycles. The fourth-order valence-corrected chi connectivity index (χ4v) is 2.05. The normalized spacial score (nSPS) is 11.5. The molecule has 0 aliphatic heterocycles. The van der Waals surface area contributed by atoms with Crippen molar-refractivity contribution in [3.63, 3.8) is 0 Å². The number of pyridine rings is 1. The van der Waals surface area contributed by atoms with Gasteiger partial charge in [-0.25, -0.2) is 0 Å². The van der Waals surface area contributed by atoms with Crippen molar-refractivity contribution in [1.29, 1.82) is 0 Å². The standard InChI is InChI=1S/C17H22N4O/c1-13-7-8-14(11-20-13)9-10-19-17(18)21-16-6-4-3-5-15(16)12-22-2/h3-8,11H,9-10,12H2,1-2H3,(H3,18,19,21). The number of aryl methyl sites for hydroxylation is 1. The van der Waals surface area contributed by atoms with Gasteiger partial charge in [-0.15, -0.1) is 0 Å². The first-order valence-electron chi connectivity index (χ1n) is 7.24. The Labute approximate surface area is 131 Å². The average Bonchev–Trinajstić information content (AvgIpc) is 2.51. The topological polar surface area (TPSA) is 72.5 Å². The van der Waals surface area contributed by atoms with Crippen LogP contribution in [0.4, 0.5) is 5.69 Å². The van der Waals surface area contributed by atoms with Crippen molar-refractivity contribution in [2.75, 3.05) is 19.0 Å². The third-order valence-electron chi connectivity index (χ3n) is 3.24. The quantitative estimate of drug-likeness (QED) is 0.635. The average molecular weight is 298 g/mol. The molecule has 22 heavy (non-hydrogen) atoms. The second kappa shape index (κ2) is 8.14. The van der Waals surface area contributed by atoms with Gasteiger partial charge in [-0.3, -0.25) is 9.98 Å². The molecule has 116 valence electrons. The first-order valence-corrected chi connectivity index (χ1v) is 7.24. The zero-order valence-corrected chi connectivity index (χ0v) is 13.0. The number of rotatable bonds is 6. The van der Waals surface area contributed by atoms with Crippen LogP contribution in [0.25, 0.3) is 0 Å². The molecule has 5 heteroatoms. The van der Waals surface area contributed by atoms with E-state index in [1.165, 1.54) is 0 Å². The Kier molecular flexibility index (Phi) is 5.91. The molecule has 5 nitrogen and oxygen atoms in total. The van der Waals surface area contributed by atoms with Gasteiger partial charge in [0.25, 0.3) is 0 Å². The zero-order valence-electron chi connectivity index (χ0n) is 13.0. The van der Waals surface area contributed by atoms with Gasteiger partial charge in [0, 0.05) is 36.8 Å². The van der Waals surface area contributed by atoms with E-state index in [1.54, 1.807) is 7.11 Å². The van der Waals surface area contributed by atoms with Crippen LogP contribution in [0, 0.1) is 6.92 Å². The molecule has 0 saturated carbocycles. The Morgan fingerprint density at radius 3 is 2.82 bits per heavy atom. The molecule has 1 aromatic heterocycles. The summed E-state index contributed by atoms with van der Waals surface area (Å²) in [5, 5.41) is 3.12. The largest absolute Gasteiger partial charge is 0.380 e. The maximum Gasteiger partial charge on any atom is 0.193 e. The van der Waals surface area contributed by atoms with E-state index in [0.717, 1.165) is 28.9 Å². The van der Waals surface area contributed by atoms with Crippen LogP contribution in [0.2, 0.25) is 0 Å². The molecule has 2 rings (SSSR count). The van der Waals surface area contributed by atoms with Gasteiger partial charge in [0.15, 0.2) is 5.96 Å². The number of anilines is 1. The van der Waals surface area contributed by atoms with Crippen molar-refractivity contribution < 1.29 is 4.74 Å². The summed E-state index contributed by atoms with van der Waals surface area (Å²) >= 11 is 0. The third-order valence-corrected chi connectivity index (χ3v) is 3.24. The third kappa shape index (κ3) is 4.86. The molecule has 0 aliphatic carbocycles. The molecule has 0 unspecified atom stereocenters. The minimum atomic E-state index is 0.406. The van der Waals surface area contributed by atoms with Crippen molar-refractivity contribution in [2.45, 2.75) is 20.0 Å². The molecule has 0 atom stereocenters. The number of hydrogen-bond acceptors (Lipinski definition) is 3. The highest BCUT2D eigenvalue weighted by Crippen LogP contribution is 2.15. The summed E-state index contributed by atoms with van der Waals surface area (Å²) in [6.07, 6.45) is 2.69. The second-order valence-electron chi connectivity index (χ2n) is 5.04. The number of para-hydroxylation sites is 1. The smallest absolute Gasteiger partial charge is 0.193 e. The lowest BCUT2D eigenvalue weighted by Gasteiger charge is -2.10. The summed E-state index contributed by atoms with van der Waals surface area (Å²) in [6, 6.07) is 11.9. The van der Waals surface area contributed by atoms with Gasteiger partial charge in [0.05, 0.1) is 6.61 Å². The Bertz CT molecular complexity index is 623. The van der Waals surface area contributed by atoms with E-state index >= 15 is 0 Å². The second-order valence-corrected chi connectivity index (χ2v) is 5.04. The number of nitrogens with one attached hydrogen (secondary N) is 1. The molecular weight excluding hydrogens is 276 g/mol. The number of aromatic nitrogens is 1. The van der Waals surface area contributed by atoms with Gasteiger partial charge in [-0.1, -0.05) is 24.3 Å². The summed E-state index contributed by atoms with van der Waals surface area (Å²) in [6.45, 7) is 3.13. The molecule has 0 bridgehead atoms. The Hall–Kier alpha value is -2.40. The number of hydrogen-bond donors (Lipinski definition) is 2. The molecule has 0 radical (unpaired) electrons. The summed E-state index contributed by atoms with van der Waals surface area (Å²) in [5.74, 6) is 0.406. The molecule has 3 N–H and O–H groups in total. The van der Waals surface area contributed by atoms with Crippen LogP contribution in [0.5, 0.6) is 0 Å². The maximum absolute atomic E-state index is 5.94. The predicted molar refractivity (Wildman–Crippen MR) is 89.9 cm³/mol. The lowest BCUT2D eigenvalue weighted by molar-refractivity contribution is 0.185. The SMILES string of the molecule is COCc1ccccc1NC(N)=NCCc1ccc(C)nc1.